The average Bonchev–Trinajstić information content (AvgIpc) is 3.74. The highest BCUT2D eigenvalue weighted by molar-refractivity contribution is 8.09. The number of aliphatic imine (C=N–C) groups is 1. The molecule has 3 aliphatic heterocycles. The molecular weight excluding hydrogens is 627 g/mol. The van der Waals surface area contributed by atoms with Crippen molar-refractivity contribution >= 4 is 45.7 Å². The van der Waals surface area contributed by atoms with Gasteiger partial charge in [-0.1, -0.05) is 12.1 Å². The lowest BCUT2D eigenvalue weighted by Gasteiger charge is -2.26. The van der Waals surface area contributed by atoms with E-state index < -0.39 is 18.0 Å². The van der Waals surface area contributed by atoms with Gasteiger partial charge in [-0.25, -0.2) is 9.59 Å². The largest absolute Gasteiger partial charge is 0.497 e. The van der Waals surface area contributed by atoms with Crippen LogP contribution in [-0.4, -0.2) is 64.3 Å². The summed E-state index contributed by atoms with van der Waals surface area (Å²) in [5, 5.41) is 19.3. The molecule has 0 bridgehead atoms. The van der Waals surface area contributed by atoms with Gasteiger partial charge in [0.25, 0.3) is 0 Å². The van der Waals surface area contributed by atoms with E-state index in [2.05, 4.69) is 22.1 Å². The second-order valence-electron chi connectivity index (χ2n) is 10.7. The van der Waals surface area contributed by atoms with Gasteiger partial charge in [0.2, 0.25) is 0 Å². The maximum atomic E-state index is 12.1. The highest BCUT2D eigenvalue weighted by atomic mass is 32.2. The Kier molecular flexibility index (Phi) is 8.16. The van der Waals surface area contributed by atoms with E-state index >= 15 is 0 Å². The quantitative estimate of drug-likeness (QED) is 0.219. The number of methoxy groups -OCH3 is 1. The molecule has 3 atom stereocenters. The number of hydrogen-bond acceptors (Lipinski definition) is 10. The number of aromatic carboxylic acids is 1. The summed E-state index contributed by atoms with van der Waals surface area (Å²) in [6.45, 7) is 1.04. The number of rotatable bonds is 8. The van der Waals surface area contributed by atoms with Crippen molar-refractivity contribution in [3.63, 3.8) is 0 Å². The number of aromatic nitrogens is 2. The molecule has 4 aromatic rings. The molecule has 0 amide bonds. The average molecular weight is 654 g/mol. The minimum absolute atomic E-state index is 0.0234. The number of benzene rings is 1. The zero-order chi connectivity index (χ0) is 31.8. The Hall–Kier alpha value is -4.78. The molecule has 46 heavy (non-hydrogen) atoms. The highest BCUT2D eigenvalue weighted by Gasteiger charge is 2.42. The van der Waals surface area contributed by atoms with Gasteiger partial charge in [0.15, 0.2) is 0 Å². The van der Waals surface area contributed by atoms with Crippen molar-refractivity contribution in [3.05, 3.63) is 118 Å². The van der Waals surface area contributed by atoms with E-state index in [-0.39, 0.29) is 34.6 Å². The van der Waals surface area contributed by atoms with Crippen LogP contribution in [0.25, 0.3) is 15.3 Å². The van der Waals surface area contributed by atoms with Gasteiger partial charge >= 0.3 is 11.9 Å². The predicted octanol–water partition coefficient (Wildman–Crippen LogP) is 6.43. The molecule has 232 valence electrons. The third-order valence-corrected chi connectivity index (χ3v) is 10.7. The van der Waals surface area contributed by atoms with Gasteiger partial charge in [0.05, 0.1) is 52.6 Å². The number of ether oxygens (including phenoxy) is 3. The summed E-state index contributed by atoms with van der Waals surface area (Å²) in [4.78, 5) is 40.4. The van der Waals surface area contributed by atoms with Gasteiger partial charge < -0.3 is 24.4 Å². The molecule has 0 spiro atoms. The molecule has 12 heteroatoms. The maximum absolute atomic E-state index is 12.1. The van der Waals surface area contributed by atoms with Crippen LogP contribution in [0.4, 0.5) is 0 Å². The minimum atomic E-state index is -1.11. The van der Waals surface area contributed by atoms with Crippen LogP contribution in [0.15, 0.2) is 95.5 Å². The van der Waals surface area contributed by atoms with Crippen molar-refractivity contribution in [2.24, 2.45) is 4.99 Å². The molecule has 0 radical (unpaired) electrons. The van der Waals surface area contributed by atoms with Crippen LogP contribution in [-0.2, 0) is 14.3 Å². The van der Waals surface area contributed by atoms with Crippen LogP contribution in [0.3, 0.4) is 0 Å². The van der Waals surface area contributed by atoms with Crippen molar-refractivity contribution in [3.8, 4) is 16.2 Å². The Morgan fingerprint density at radius 2 is 1.76 bits per heavy atom. The van der Waals surface area contributed by atoms with Gasteiger partial charge in [-0.05, 0) is 65.7 Å². The second kappa shape index (κ2) is 12.5. The van der Waals surface area contributed by atoms with Gasteiger partial charge in [-0.15, -0.1) is 23.1 Å². The minimum Gasteiger partial charge on any atom is -0.497 e. The van der Waals surface area contributed by atoms with Crippen LogP contribution in [0.1, 0.15) is 49.9 Å². The zero-order valence-electron chi connectivity index (χ0n) is 24.5. The lowest BCUT2D eigenvalue weighted by Crippen LogP contribution is -2.28. The van der Waals surface area contributed by atoms with Crippen molar-refractivity contribution < 1.29 is 34.0 Å². The molecule has 10 nitrogen and oxygen atoms in total. The molecule has 1 fully saturated rings. The van der Waals surface area contributed by atoms with Crippen LogP contribution in [0, 0.1) is 0 Å². The molecule has 1 aromatic carbocycles. The van der Waals surface area contributed by atoms with Gasteiger partial charge in [0, 0.05) is 34.1 Å². The highest BCUT2D eigenvalue weighted by Crippen LogP contribution is 2.56. The molecule has 6 heterocycles. The number of fused-ring (bicyclic) bond motifs is 1. The summed E-state index contributed by atoms with van der Waals surface area (Å²) in [7, 11) is 1.65. The fourth-order valence-corrected chi connectivity index (χ4v) is 8.24. The molecule has 0 aliphatic carbocycles. The Labute approximate surface area is 272 Å². The van der Waals surface area contributed by atoms with Crippen LogP contribution >= 0.6 is 23.1 Å². The molecule has 3 aliphatic rings. The first kappa shape index (κ1) is 29.9. The number of dihydropyridines is 1. The molecule has 1 saturated heterocycles. The Balaban J connectivity index is 1.16. The fourth-order valence-electron chi connectivity index (χ4n) is 5.60. The molecule has 2 N–H and O–H groups in total. The van der Waals surface area contributed by atoms with Crippen molar-refractivity contribution in [1.29, 1.82) is 0 Å². The number of allylic oxidation sites excluding steroid dienone is 1. The van der Waals surface area contributed by atoms with E-state index in [0.29, 0.717) is 24.6 Å². The summed E-state index contributed by atoms with van der Waals surface area (Å²) >= 11 is 3.41. The Bertz CT molecular complexity index is 1930. The number of carboxylic acids is 2. The predicted molar refractivity (Wildman–Crippen MR) is 174 cm³/mol. The van der Waals surface area contributed by atoms with E-state index in [9.17, 15) is 19.8 Å². The first-order valence-electron chi connectivity index (χ1n) is 14.4. The molecule has 7 rings (SSSR count). The fraction of sp³-hybridized carbons (Fsp3) is 0.206. The molecular formula is C34H27N3O7S2. The zero-order valence-corrected chi connectivity index (χ0v) is 26.1. The van der Waals surface area contributed by atoms with Gasteiger partial charge in [0.1, 0.15) is 24.2 Å². The van der Waals surface area contributed by atoms with Crippen molar-refractivity contribution in [2.45, 2.75) is 23.8 Å². The van der Waals surface area contributed by atoms with Crippen LogP contribution < -0.4 is 4.74 Å². The molecule has 3 aromatic heterocycles. The number of aliphatic carboxylic acids is 1. The Morgan fingerprint density at radius 3 is 2.54 bits per heavy atom. The summed E-state index contributed by atoms with van der Waals surface area (Å²) in [6.07, 6.45) is 4.47. The summed E-state index contributed by atoms with van der Waals surface area (Å²) < 4.78 is 17.7. The third kappa shape index (κ3) is 5.82. The number of pyridine rings is 2. The van der Waals surface area contributed by atoms with E-state index in [4.69, 9.17) is 19.2 Å². The van der Waals surface area contributed by atoms with Crippen molar-refractivity contribution in [2.75, 3.05) is 20.3 Å². The number of carboxylic acid groups (broad SMARTS) is 2. The van der Waals surface area contributed by atoms with Crippen LogP contribution in [0.2, 0.25) is 0 Å². The SMILES string of the molecule is COc1ccc(C2=C3OCCOC3C(c3ccc(-c4ccnc(C5CC(C(=O)O)=CC(c6cc(C(=O)O)ccn6)=N5)c4)s3)S2)cc1. The summed E-state index contributed by atoms with van der Waals surface area (Å²) in [6, 6.07) is 18.2. The van der Waals surface area contributed by atoms with Crippen LogP contribution in [0.5, 0.6) is 5.75 Å². The normalized spacial score (nSPS) is 20.8. The maximum Gasteiger partial charge on any atom is 0.335 e. The van der Waals surface area contributed by atoms with E-state index in [1.54, 1.807) is 36.4 Å². The summed E-state index contributed by atoms with van der Waals surface area (Å²) in [5.74, 6) is -0.522. The van der Waals surface area contributed by atoms with E-state index in [1.165, 1.54) is 24.4 Å². The van der Waals surface area contributed by atoms with E-state index in [0.717, 1.165) is 37.3 Å². The third-order valence-electron chi connectivity index (χ3n) is 7.87. The topological polar surface area (TPSA) is 140 Å². The number of nitrogens with zero attached hydrogens (tertiary/aromatic N) is 3. The number of thiophene rings is 1. The lowest BCUT2D eigenvalue weighted by molar-refractivity contribution is -0.132. The smallest absolute Gasteiger partial charge is 0.335 e. The number of thioether (sulfide) groups is 1. The first-order chi connectivity index (χ1) is 22.4. The monoisotopic (exact) mass is 653 g/mol. The molecule has 0 saturated carbocycles. The summed E-state index contributed by atoms with van der Waals surface area (Å²) in [5.41, 5.74) is 3.36. The van der Waals surface area contributed by atoms with E-state index in [1.807, 2.05) is 36.4 Å². The van der Waals surface area contributed by atoms with Gasteiger partial charge in [-0.2, -0.15) is 0 Å². The number of carbonyl (C=O) groups is 2. The number of hydrogen-bond donors (Lipinski definition) is 2. The first-order valence-corrected chi connectivity index (χ1v) is 16.1. The lowest BCUT2D eigenvalue weighted by atomic mass is 9.96. The van der Waals surface area contributed by atoms with Crippen molar-refractivity contribution in [1.82, 2.24) is 9.97 Å². The Morgan fingerprint density at radius 1 is 0.935 bits per heavy atom. The standard InChI is InChI=1S/C34H27N3O7S2/c1-42-22-4-2-18(3-5-22)31-29-30(44-13-12-43-29)32(46-31)28-7-6-27(45-28)19-8-10-35-23(14-19)25-16-21(34(40)41)17-26(37-25)24-15-20(33(38)39)9-11-36-24/h2-11,14-15,17,25,30,32H,12-13,16H2,1H3,(H,38,39)(H,40,41). The van der Waals surface area contributed by atoms with Gasteiger partial charge in [-0.3, -0.25) is 15.0 Å². The second-order valence-corrected chi connectivity index (χ2v) is 13.0. The molecule has 3 unspecified atom stereocenters.